The topological polar surface area (TPSA) is 73.6 Å². The second kappa shape index (κ2) is 9.26. The molecule has 5 nitrogen and oxygen atoms in total. The molecule has 0 aliphatic carbocycles. The Morgan fingerprint density at radius 1 is 1.28 bits per heavy atom. The van der Waals surface area contributed by atoms with Crippen LogP contribution in [0, 0.1) is 5.41 Å². The molecule has 2 rings (SSSR count). The van der Waals surface area contributed by atoms with Crippen LogP contribution in [-0.4, -0.2) is 38.6 Å². The highest BCUT2D eigenvalue weighted by Gasteiger charge is 2.38. The number of alkyl halides is 3. The van der Waals surface area contributed by atoms with E-state index in [9.17, 15) is 18.0 Å². The molecule has 0 unspecified atom stereocenters. The van der Waals surface area contributed by atoms with Gasteiger partial charge in [-0.3, -0.25) is 4.79 Å². The Morgan fingerprint density at radius 3 is 2.52 bits per heavy atom. The van der Waals surface area contributed by atoms with Crippen molar-refractivity contribution in [1.29, 1.82) is 0 Å². The van der Waals surface area contributed by atoms with Gasteiger partial charge in [0.15, 0.2) is 0 Å². The highest BCUT2D eigenvalue weighted by atomic mass is 35.5. The second-order valence-electron chi connectivity index (χ2n) is 5.76. The molecule has 142 valence electrons. The predicted octanol–water partition coefficient (Wildman–Crippen LogP) is 2.42. The number of ether oxygens (including phenoxy) is 2. The first kappa shape index (κ1) is 21.5. The van der Waals surface area contributed by atoms with E-state index in [1.165, 1.54) is 12.1 Å². The zero-order valence-electron chi connectivity index (χ0n) is 13.6. The predicted molar refractivity (Wildman–Crippen MR) is 88.6 cm³/mol. The number of nitrogens with one attached hydrogen (secondary N) is 1. The number of rotatable bonds is 6. The minimum absolute atomic E-state index is 0. The molecule has 1 aromatic rings. The molecular weight excluding hydrogens is 361 g/mol. The van der Waals surface area contributed by atoms with Crippen molar-refractivity contribution in [3.8, 4) is 5.75 Å². The van der Waals surface area contributed by atoms with E-state index in [-0.39, 0.29) is 43.6 Å². The van der Waals surface area contributed by atoms with Crippen molar-refractivity contribution >= 4 is 18.3 Å². The molecule has 3 N–H and O–H groups in total. The minimum atomic E-state index is -4.74. The molecule has 1 fully saturated rings. The summed E-state index contributed by atoms with van der Waals surface area (Å²) in [4.78, 5) is 12.4. The van der Waals surface area contributed by atoms with Crippen LogP contribution in [0.1, 0.15) is 18.4 Å². The van der Waals surface area contributed by atoms with Gasteiger partial charge in [0.1, 0.15) is 5.75 Å². The van der Waals surface area contributed by atoms with Gasteiger partial charge in [0.2, 0.25) is 5.91 Å². The van der Waals surface area contributed by atoms with Crippen LogP contribution in [0.25, 0.3) is 0 Å². The summed E-state index contributed by atoms with van der Waals surface area (Å²) in [6.45, 7) is 1.38. The average molecular weight is 383 g/mol. The SMILES string of the molecule is Cl.NCC1(C(=O)NCCc2ccccc2OC(F)(F)F)CCOCC1. The van der Waals surface area contributed by atoms with Crippen molar-refractivity contribution in [2.24, 2.45) is 11.1 Å². The van der Waals surface area contributed by atoms with Crippen LogP contribution in [0.15, 0.2) is 24.3 Å². The Bertz CT molecular complexity index is 564. The third-order valence-electron chi connectivity index (χ3n) is 4.20. The average Bonchev–Trinajstić information content (AvgIpc) is 2.55. The lowest BCUT2D eigenvalue weighted by molar-refractivity contribution is -0.274. The lowest BCUT2D eigenvalue weighted by Crippen LogP contribution is -2.49. The van der Waals surface area contributed by atoms with Crippen molar-refractivity contribution in [2.45, 2.75) is 25.6 Å². The summed E-state index contributed by atoms with van der Waals surface area (Å²) in [5.41, 5.74) is 5.48. The van der Waals surface area contributed by atoms with Gasteiger partial charge in [-0.2, -0.15) is 0 Å². The summed E-state index contributed by atoms with van der Waals surface area (Å²) >= 11 is 0. The van der Waals surface area contributed by atoms with E-state index < -0.39 is 11.8 Å². The lowest BCUT2D eigenvalue weighted by Gasteiger charge is -2.34. The first-order chi connectivity index (χ1) is 11.4. The number of nitrogens with two attached hydrogens (primary N) is 1. The first-order valence-electron chi connectivity index (χ1n) is 7.76. The van der Waals surface area contributed by atoms with Gasteiger partial charge in [0.25, 0.3) is 0 Å². The summed E-state index contributed by atoms with van der Waals surface area (Å²) in [6, 6.07) is 5.89. The summed E-state index contributed by atoms with van der Waals surface area (Å²) < 4.78 is 46.4. The highest BCUT2D eigenvalue weighted by Crippen LogP contribution is 2.30. The number of halogens is 4. The molecule has 1 saturated heterocycles. The number of carbonyl (C=O) groups excluding carboxylic acids is 1. The van der Waals surface area contributed by atoms with Crippen LogP contribution in [0.2, 0.25) is 0 Å². The number of hydrogen-bond acceptors (Lipinski definition) is 4. The molecule has 9 heteroatoms. The van der Waals surface area contributed by atoms with Crippen molar-refractivity contribution < 1.29 is 27.4 Å². The molecule has 25 heavy (non-hydrogen) atoms. The Morgan fingerprint density at radius 2 is 1.92 bits per heavy atom. The van der Waals surface area contributed by atoms with Gasteiger partial charge in [0.05, 0.1) is 5.41 Å². The monoisotopic (exact) mass is 382 g/mol. The largest absolute Gasteiger partial charge is 0.573 e. The van der Waals surface area contributed by atoms with Gasteiger partial charge < -0.3 is 20.5 Å². The molecule has 1 aliphatic rings. The normalized spacial score (nSPS) is 16.6. The van der Waals surface area contributed by atoms with Crippen LogP contribution >= 0.6 is 12.4 Å². The van der Waals surface area contributed by atoms with E-state index in [0.717, 1.165) is 0 Å². The van der Waals surface area contributed by atoms with Gasteiger partial charge in [0, 0.05) is 26.3 Å². The Hall–Kier alpha value is -1.51. The summed E-state index contributed by atoms with van der Waals surface area (Å²) in [5, 5.41) is 2.77. The standard InChI is InChI=1S/C16H21F3N2O3.ClH/c17-16(18,19)24-13-4-2-1-3-12(13)5-8-21-14(22)15(11-20)6-9-23-10-7-15;/h1-4H,5-11,20H2,(H,21,22);1H. The number of amides is 1. The fraction of sp³-hybridized carbons (Fsp3) is 0.562. The minimum Gasteiger partial charge on any atom is -0.406 e. The van der Waals surface area contributed by atoms with Crippen LogP contribution in [0.4, 0.5) is 13.2 Å². The maximum atomic E-state index is 12.4. The molecule has 1 heterocycles. The zero-order chi connectivity index (χ0) is 17.6. The quantitative estimate of drug-likeness (QED) is 0.792. The van der Waals surface area contributed by atoms with E-state index in [2.05, 4.69) is 10.1 Å². The summed E-state index contributed by atoms with van der Waals surface area (Å²) in [5.74, 6) is -0.429. The maximum Gasteiger partial charge on any atom is 0.573 e. The van der Waals surface area contributed by atoms with Gasteiger partial charge in [-0.1, -0.05) is 18.2 Å². The number of carbonyl (C=O) groups is 1. The van der Waals surface area contributed by atoms with Crippen LogP contribution < -0.4 is 15.8 Å². The molecule has 0 spiro atoms. The molecular formula is C16H22ClF3N2O3. The number of hydrogen-bond donors (Lipinski definition) is 2. The van der Waals surface area contributed by atoms with Gasteiger partial charge in [-0.05, 0) is 30.9 Å². The van der Waals surface area contributed by atoms with Crippen molar-refractivity contribution in [1.82, 2.24) is 5.32 Å². The first-order valence-corrected chi connectivity index (χ1v) is 7.76. The molecule has 1 aliphatic heterocycles. The van der Waals surface area contributed by atoms with E-state index in [0.29, 0.717) is 31.6 Å². The van der Waals surface area contributed by atoms with E-state index in [1.807, 2.05) is 0 Å². The molecule has 1 amide bonds. The summed E-state index contributed by atoms with van der Waals surface area (Å²) in [7, 11) is 0. The Labute approximate surface area is 150 Å². The third kappa shape index (κ3) is 6.05. The number of para-hydroxylation sites is 1. The Balaban J connectivity index is 0.00000312. The highest BCUT2D eigenvalue weighted by molar-refractivity contribution is 5.85. The smallest absolute Gasteiger partial charge is 0.406 e. The second-order valence-corrected chi connectivity index (χ2v) is 5.76. The molecule has 0 bridgehead atoms. The Kier molecular flexibility index (Phi) is 7.98. The zero-order valence-corrected chi connectivity index (χ0v) is 14.4. The van der Waals surface area contributed by atoms with Gasteiger partial charge in [-0.15, -0.1) is 25.6 Å². The molecule has 1 aromatic carbocycles. The van der Waals surface area contributed by atoms with Crippen LogP contribution in [0.5, 0.6) is 5.75 Å². The maximum absolute atomic E-state index is 12.4. The van der Waals surface area contributed by atoms with Crippen LogP contribution in [0.3, 0.4) is 0 Å². The molecule has 0 radical (unpaired) electrons. The van der Waals surface area contributed by atoms with E-state index >= 15 is 0 Å². The van der Waals surface area contributed by atoms with Crippen molar-refractivity contribution in [3.05, 3.63) is 29.8 Å². The summed E-state index contributed by atoms with van der Waals surface area (Å²) in [6.07, 6.45) is -3.42. The van der Waals surface area contributed by atoms with E-state index in [1.54, 1.807) is 12.1 Å². The van der Waals surface area contributed by atoms with Crippen molar-refractivity contribution in [2.75, 3.05) is 26.3 Å². The molecule has 0 atom stereocenters. The van der Waals surface area contributed by atoms with Gasteiger partial charge >= 0.3 is 6.36 Å². The third-order valence-corrected chi connectivity index (χ3v) is 4.20. The molecule has 0 saturated carbocycles. The fourth-order valence-corrected chi connectivity index (χ4v) is 2.72. The lowest BCUT2D eigenvalue weighted by atomic mass is 9.79. The fourth-order valence-electron chi connectivity index (χ4n) is 2.72. The van der Waals surface area contributed by atoms with Crippen LogP contribution in [-0.2, 0) is 16.0 Å². The molecule has 0 aromatic heterocycles. The number of benzene rings is 1. The van der Waals surface area contributed by atoms with Gasteiger partial charge in [-0.25, -0.2) is 0 Å². The van der Waals surface area contributed by atoms with Crippen molar-refractivity contribution in [3.63, 3.8) is 0 Å². The van der Waals surface area contributed by atoms with E-state index in [4.69, 9.17) is 10.5 Å².